The second-order valence-corrected chi connectivity index (χ2v) is 8.51. The van der Waals surface area contributed by atoms with Gasteiger partial charge in [-0.05, 0) is 38.0 Å². The summed E-state index contributed by atoms with van der Waals surface area (Å²) in [5.41, 5.74) is 9.43. The fraction of sp³-hybridized carbons (Fsp3) is 0.357. The fourth-order valence-electron chi connectivity index (χ4n) is 2.94. The summed E-state index contributed by atoms with van der Waals surface area (Å²) in [5.74, 6) is 0. The van der Waals surface area contributed by atoms with Gasteiger partial charge in [0.05, 0.1) is 17.6 Å². The van der Waals surface area contributed by atoms with Crippen molar-refractivity contribution < 1.29 is 8.42 Å². The lowest BCUT2D eigenvalue weighted by Gasteiger charge is -2.21. The van der Waals surface area contributed by atoms with Gasteiger partial charge < -0.3 is 5.73 Å². The normalized spacial score (nSPS) is 18.0. The van der Waals surface area contributed by atoms with E-state index in [1.165, 1.54) is 21.9 Å². The number of anilines is 2. The Morgan fingerprint density at radius 3 is 2.71 bits per heavy atom. The largest absolute Gasteiger partial charge is 0.375 e. The molecule has 1 aromatic heterocycles. The molecule has 5 nitrogen and oxygen atoms in total. The molecule has 1 aromatic carbocycles. The maximum Gasteiger partial charge on any atom is 0.232 e. The van der Waals surface area contributed by atoms with Crippen molar-refractivity contribution in [2.24, 2.45) is 0 Å². The molecule has 1 atom stereocenters. The SMILES string of the molecule is Cc1sc(N)nc1-c1ccc2c(c1)CC(C)N2S(C)(=O)=O. The zero-order valence-electron chi connectivity index (χ0n) is 12.1. The molecule has 0 bridgehead atoms. The third kappa shape index (κ3) is 2.40. The van der Waals surface area contributed by atoms with Crippen LogP contribution in [-0.4, -0.2) is 25.7 Å². The zero-order chi connectivity index (χ0) is 15.4. The van der Waals surface area contributed by atoms with E-state index in [1.54, 1.807) is 0 Å². The topological polar surface area (TPSA) is 76.3 Å². The van der Waals surface area contributed by atoms with Crippen molar-refractivity contribution in [3.8, 4) is 11.3 Å². The number of hydrogen-bond donors (Lipinski definition) is 1. The quantitative estimate of drug-likeness (QED) is 0.921. The Morgan fingerprint density at radius 1 is 1.43 bits per heavy atom. The van der Waals surface area contributed by atoms with Gasteiger partial charge in [0, 0.05) is 16.5 Å². The molecule has 0 spiro atoms. The molecule has 21 heavy (non-hydrogen) atoms. The average Bonchev–Trinajstić information content (AvgIpc) is 2.86. The smallest absolute Gasteiger partial charge is 0.232 e. The number of aryl methyl sites for hydroxylation is 1. The molecule has 0 fully saturated rings. The van der Waals surface area contributed by atoms with Gasteiger partial charge in [-0.15, -0.1) is 11.3 Å². The molecule has 2 heterocycles. The predicted octanol–water partition coefficient (Wildman–Crippen LogP) is 2.41. The molecule has 7 heteroatoms. The number of nitrogens with zero attached hydrogens (tertiary/aromatic N) is 2. The summed E-state index contributed by atoms with van der Waals surface area (Å²) in [6.07, 6.45) is 1.96. The minimum atomic E-state index is -3.25. The second-order valence-electron chi connectivity index (χ2n) is 5.41. The highest BCUT2D eigenvalue weighted by Crippen LogP contribution is 2.38. The van der Waals surface area contributed by atoms with Crippen LogP contribution in [-0.2, 0) is 16.4 Å². The summed E-state index contributed by atoms with van der Waals surface area (Å²) in [4.78, 5) is 5.43. The lowest BCUT2D eigenvalue weighted by molar-refractivity contribution is 0.590. The van der Waals surface area contributed by atoms with E-state index in [-0.39, 0.29) is 6.04 Å². The second kappa shape index (κ2) is 4.71. The summed E-state index contributed by atoms with van der Waals surface area (Å²) in [7, 11) is -3.25. The van der Waals surface area contributed by atoms with Gasteiger partial charge in [0.25, 0.3) is 0 Å². The molecule has 3 rings (SSSR count). The first-order chi connectivity index (χ1) is 9.77. The molecule has 0 amide bonds. The van der Waals surface area contributed by atoms with Gasteiger partial charge >= 0.3 is 0 Å². The standard InChI is InChI=1S/C14H17N3O2S2/c1-8-6-11-7-10(13-9(2)20-14(15)16-13)4-5-12(11)17(8)21(3,18)19/h4-5,7-8H,6H2,1-3H3,(H2,15,16). The first-order valence-corrected chi connectivity index (χ1v) is 9.29. The molecule has 2 N–H and O–H groups in total. The summed E-state index contributed by atoms with van der Waals surface area (Å²) >= 11 is 1.46. The van der Waals surface area contributed by atoms with Crippen molar-refractivity contribution in [2.75, 3.05) is 16.3 Å². The molecule has 0 saturated carbocycles. The van der Waals surface area contributed by atoms with Gasteiger partial charge in [-0.2, -0.15) is 0 Å². The van der Waals surface area contributed by atoms with Gasteiger partial charge in [0.15, 0.2) is 5.13 Å². The number of nitrogen functional groups attached to an aromatic ring is 1. The van der Waals surface area contributed by atoms with E-state index in [0.29, 0.717) is 5.13 Å². The van der Waals surface area contributed by atoms with E-state index in [4.69, 9.17) is 5.73 Å². The molecule has 0 radical (unpaired) electrons. The van der Waals surface area contributed by atoms with Crippen molar-refractivity contribution in [2.45, 2.75) is 26.3 Å². The van der Waals surface area contributed by atoms with E-state index in [1.807, 2.05) is 32.0 Å². The molecule has 1 aliphatic rings. The number of nitrogens with two attached hydrogens (primary N) is 1. The number of benzene rings is 1. The molecular weight excluding hydrogens is 306 g/mol. The average molecular weight is 323 g/mol. The third-order valence-corrected chi connectivity index (χ3v) is 5.75. The maximum atomic E-state index is 11.9. The first kappa shape index (κ1) is 14.3. The van der Waals surface area contributed by atoms with Crippen molar-refractivity contribution in [3.63, 3.8) is 0 Å². The zero-order valence-corrected chi connectivity index (χ0v) is 13.8. The molecule has 1 unspecified atom stereocenters. The molecule has 0 aliphatic carbocycles. The van der Waals surface area contributed by atoms with Gasteiger partial charge in [-0.3, -0.25) is 4.31 Å². The lowest BCUT2D eigenvalue weighted by atomic mass is 10.0. The van der Waals surface area contributed by atoms with Crippen LogP contribution >= 0.6 is 11.3 Å². The van der Waals surface area contributed by atoms with Crippen molar-refractivity contribution in [1.29, 1.82) is 0 Å². The molecular formula is C14H17N3O2S2. The Hall–Kier alpha value is -1.60. The number of aromatic nitrogens is 1. The summed E-state index contributed by atoms with van der Waals surface area (Å²) in [6.45, 7) is 3.91. The Balaban J connectivity index is 2.09. The Labute approximate surface area is 128 Å². The highest BCUT2D eigenvalue weighted by atomic mass is 32.2. The molecule has 0 saturated heterocycles. The van der Waals surface area contributed by atoms with Crippen LogP contribution in [0, 0.1) is 6.92 Å². The monoisotopic (exact) mass is 323 g/mol. The van der Waals surface area contributed by atoms with Crippen LogP contribution < -0.4 is 10.0 Å². The Bertz CT molecular complexity index is 812. The highest BCUT2D eigenvalue weighted by molar-refractivity contribution is 7.92. The van der Waals surface area contributed by atoms with Crippen molar-refractivity contribution in [1.82, 2.24) is 4.98 Å². The van der Waals surface area contributed by atoms with Gasteiger partial charge in [0.2, 0.25) is 10.0 Å². The van der Waals surface area contributed by atoms with E-state index in [9.17, 15) is 8.42 Å². The van der Waals surface area contributed by atoms with Gasteiger partial charge in [-0.1, -0.05) is 6.07 Å². The van der Waals surface area contributed by atoms with Crippen LogP contribution in [0.5, 0.6) is 0 Å². The molecule has 112 valence electrons. The van der Waals surface area contributed by atoms with E-state index >= 15 is 0 Å². The Morgan fingerprint density at radius 2 is 2.14 bits per heavy atom. The summed E-state index contributed by atoms with van der Waals surface area (Å²) in [6, 6.07) is 5.76. The summed E-state index contributed by atoms with van der Waals surface area (Å²) in [5, 5.41) is 0.550. The fourth-order valence-corrected chi connectivity index (χ4v) is 4.91. The molecule has 1 aliphatic heterocycles. The van der Waals surface area contributed by atoms with E-state index in [2.05, 4.69) is 4.98 Å². The van der Waals surface area contributed by atoms with Crippen LogP contribution in [0.2, 0.25) is 0 Å². The maximum absolute atomic E-state index is 11.9. The number of rotatable bonds is 2. The predicted molar refractivity (Wildman–Crippen MR) is 87.2 cm³/mol. The third-order valence-electron chi connectivity index (χ3n) is 3.68. The number of hydrogen-bond acceptors (Lipinski definition) is 5. The van der Waals surface area contributed by atoms with Crippen LogP contribution in [0.1, 0.15) is 17.4 Å². The van der Waals surface area contributed by atoms with Crippen LogP contribution in [0.4, 0.5) is 10.8 Å². The summed E-state index contributed by atoms with van der Waals surface area (Å²) < 4.78 is 25.3. The number of thiazole rings is 1. The van der Waals surface area contributed by atoms with E-state index in [0.717, 1.165) is 33.8 Å². The highest BCUT2D eigenvalue weighted by Gasteiger charge is 2.32. The van der Waals surface area contributed by atoms with Crippen LogP contribution in [0.3, 0.4) is 0 Å². The van der Waals surface area contributed by atoms with Gasteiger partial charge in [0.1, 0.15) is 0 Å². The number of sulfonamides is 1. The minimum absolute atomic E-state index is 0.0492. The van der Waals surface area contributed by atoms with E-state index < -0.39 is 10.0 Å². The van der Waals surface area contributed by atoms with Crippen molar-refractivity contribution in [3.05, 3.63) is 28.6 Å². The number of fused-ring (bicyclic) bond motifs is 1. The minimum Gasteiger partial charge on any atom is -0.375 e. The van der Waals surface area contributed by atoms with Crippen LogP contribution in [0.15, 0.2) is 18.2 Å². The van der Waals surface area contributed by atoms with Crippen LogP contribution in [0.25, 0.3) is 11.3 Å². The lowest BCUT2D eigenvalue weighted by Crippen LogP contribution is -2.34. The molecule has 2 aromatic rings. The van der Waals surface area contributed by atoms with Crippen molar-refractivity contribution >= 4 is 32.2 Å². The Kier molecular flexibility index (Phi) is 3.22. The van der Waals surface area contributed by atoms with Gasteiger partial charge in [-0.25, -0.2) is 13.4 Å². The first-order valence-electron chi connectivity index (χ1n) is 6.63.